The van der Waals surface area contributed by atoms with Crippen LogP contribution in [0.25, 0.3) is 10.6 Å². The summed E-state index contributed by atoms with van der Waals surface area (Å²) in [6, 6.07) is 5.33. The van der Waals surface area contributed by atoms with Crippen LogP contribution < -0.4 is 10.6 Å². The molecule has 0 bridgehead atoms. The number of anilines is 1. The number of ether oxygens (including phenoxy) is 1. The van der Waals surface area contributed by atoms with E-state index in [-0.39, 0.29) is 18.6 Å². The third kappa shape index (κ3) is 4.68. The molecule has 128 valence electrons. The third-order valence-electron chi connectivity index (χ3n) is 3.67. The minimum absolute atomic E-state index is 0.0459. The van der Waals surface area contributed by atoms with Crippen LogP contribution in [0.3, 0.4) is 0 Å². The Balaban J connectivity index is 1.55. The van der Waals surface area contributed by atoms with Gasteiger partial charge in [0.25, 0.3) is 5.91 Å². The Morgan fingerprint density at radius 1 is 1.33 bits per heavy atom. The highest BCUT2D eigenvalue weighted by Crippen LogP contribution is 2.31. The highest BCUT2D eigenvalue weighted by molar-refractivity contribution is 7.13. The number of nitrogens with one attached hydrogen (secondary N) is 2. The summed E-state index contributed by atoms with van der Waals surface area (Å²) in [7, 11) is 0. The monoisotopic (exact) mass is 385 g/mol. The van der Waals surface area contributed by atoms with Crippen molar-refractivity contribution in [1.29, 1.82) is 0 Å². The summed E-state index contributed by atoms with van der Waals surface area (Å²) in [5.41, 5.74) is 0.862. The molecule has 0 radical (unpaired) electrons. The number of nitrogens with zero attached hydrogens (tertiary/aromatic N) is 1. The molecule has 0 saturated carbocycles. The Labute approximate surface area is 154 Å². The SMILES string of the molecule is O=C(COC1CCNCC1)Nc1csc(-c2ccc(Cl)c(Cl)c2)n1. The van der Waals surface area contributed by atoms with E-state index < -0.39 is 0 Å². The number of rotatable bonds is 5. The maximum Gasteiger partial charge on any atom is 0.251 e. The van der Waals surface area contributed by atoms with Gasteiger partial charge in [-0.3, -0.25) is 4.79 Å². The zero-order valence-electron chi connectivity index (χ0n) is 12.9. The van der Waals surface area contributed by atoms with Gasteiger partial charge in [-0.05, 0) is 38.1 Å². The van der Waals surface area contributed by atoms with Crippen molar-refractivity contribution in [1.82, 2.24) is 10.3 Å². The van der Waals surface area contributed by atoms with E-state index in [4.69, 9.17) is 27.9 Å². The van der Waals surface area contributed by atoms with Gasteiger partial charge in [-0.15, -0.1) is 11.3 Å². The second-order valence-electron chi connectivity index (χ2n) is 5.48. The third-order valence-corrected chi connectivity index (χ3v) is 5.30. The highest BCUT2D eigenvalue weighted by Gasteiger charge is 2.15. The summed E-state index contributed by atoms with van der Waals surface area (Å²) >= 11 is 13.4. The topological polar surface area (TPSA) is 63.2 Å². The lowest BCUT2D eigenvalue weighted by molar-refractivity contribution is -0.123. The van der Waals surface area contributed by atoms with Gasteiger partial charge in [-0.2, -0.15) is 0 Å². The number of benzene rings is 1. The van der Waals surface area contributed by atoms with Gasteiger partial charge >= 0.3 is 0 Å². The van der Waals surface area contributed by atoms with Crippen LogP contribution in [0.2, 0.25) is 10.0 Å². The van der Waals surface area contributed by atoms with E-state index in [1.54, 1.807) is 17.5 Å². The van der Waals surface area contributed by atoms with Crippen molar-refractivity contribution in [3.05, 3.63) is 33.6 Å². The first-order valence-corrected chi connectivity index (χ1v) is 9.28. The Bertz CT molecular complexity index is 717. The molecule has 5 nitrogen and oxygen atoms in total. The summed E-state index contributed by atoms with van der Waals surface area (Å²) < 4.78 is 5.63. The van der Waals surface area contributed by atoms with Crippen LogP contribution in [0, 0.1) is 0 Å². The van der Waals surface area contributed by atoms with Crippen molar-refractivity contribution < 1.29 is 9.53 Å². The van der Waals surface area contributed by atoms with Crippen molar-refractivity contribution in [2.75, 3.05) is 25.0 Å². The Kier molecular flexibility index (Phi) is 6.08. The molecule has 0 atom stereocenters. The molecule has 2 aromatic rings. The van der Waals surface area contributed by atoms with Gasteiger partial charge in [-0.25, -0.2) is 4.98 Å². The van der Waals surface area contributed by atoms with Gasteiger partial charge in [0.2, 0.25) is 0 Å². The quantitative estimate of drug-likeness (QED) is 0.820. The average molecular weight is 386 g/mol. The minimum atomic E-state index is -0.195. The molecule has 24 heavy (non-hydrogen) atoms. The zero-order valence-corrected chi connectivity index (χ0v) is 15.2. The predicted octanol–water partition coefficient (Wildman–Crippen LogP) is 3.82. The van der Waals surface area contributed by atoms with E-state index in [1.165, 1.54) is 11.3 Å². The van der Waals surface area contributed by atoms with E-state index in [2.05, 4.69) is 15.6 Å². The van der Waals surface area contributed by atoms with Gasteiger partial charge in [0, 0.05) is 10.9 Å². The second kappa shape index (κ2) is 8.27. The largest absolute Gasteiger partial charge is 0.368 e. The first-order chi connectivity index (χ1) is 11.6. The van der Waals surface area contributed by atoms with Crippen LogP contribution in [0.15, 0.2) is 23.6 Å². The lowest BCUT2D eigenvalue weighted by atomic mass is 10.1. The Hall–Kier alpha value is -1.18. The van der Waals surface area contributed by atoms with Gasteiger partial charge in [0.05, 0.1) is 16.1 Å². The summed E-state index contributed by atoms with van der Waals surface area (Å²) in [5.74, 6) is 0.319. The normalized spacial score (nSPS) is 15.4. The van der Waals surface area contributed by atoms with Crippen LogP contribution in [0.5, 0.6) is 0 Å². The maximum absolute atomic E-state index is 12.0. The number of halogens is 2. The summed E-state index contributed by atoms with van der Waals surface area (Å²) in [6.45, 7) is 1.92. The fourth-order valence-electron chi connectivity index (χ4n) is 2.43. The molecule has 0 aliphatic carbocycles. The van der Waals surface area contributed by atoms with Crippen LogP contribution in [0.4, 0.5) is 5.82 Å². The minimum Gasteiger partial charge on any atom is -0.368 e. The van der Waals surface area contributed by atoms with E-state index in [9.17, 15) is 4.79 Å². The van der Waals surface area contributed by atoms with Crippen molar-refractivity contribution in [3.63, 3.8) is 0 Å². The van der Waals surface area contributed by atoms with Crippen LogP contribution in [-0.2, 0) is 9.53 Å². The number of amides is 1. The van der Waals surface area contributed by atoms with Crippen LogP contribution >= 0.6 is 34.5 Å². The molecule has 2 heterocycles. The van der Waals surface area contributed by atoms with Crippen molar-refractivity contribution in [2.45, 2.75) is 18.9 Å². The summed E-state index contributed by atoms with van der Waals surface area (Å²) in [5, 5.41) is 9.56. The number of aromatic nitrogens is 1. The molecule has 1 aliphatic rings. The zero-order chi connectivity index (χ0) is 16.9. The molecular weight excluding hydrogens is 369 g/mol. The molecule has 1 aliphatic heterocycles. The van der Waals surface area contributed by atoms with E-state index in [1.807, 2.05) is 6.07 Å². The van der Waals surface area contributed by atoms with Crippen LogP contribution in [-0.4, -0.2) is 36.7 Å². The molecule has 3 rings (SSSR count). The van der Waals surface area contributed by atoms with Gasteiger partial charge in [0.15, 0.2) is 0 Å². The van der Waals surface area contributed by atoms with Gasteiger partial charge < -0.3 is 15.4 Å². The fraction of sp³-hybridized carbons (Fsp3) is 0.375. The van der Waals surface area contributed by atoms with Crippen molar-refractivity contribution >= 4 is 46.3 Å². The van der Waals surface area contributed by atoms with Gasteiger partial charge in [-0.1, -0.05) is 29.3 Å². The molecule has 1 fully saturated rings. The average Bonchev–Trinajstić information content (AvgIpc) is 3.05. The Morgan fingerprint density at radius 3 is 2.88 bits per heavy atom. The highest BCUT2D eigenvalue weighted by atomic mass is 35.5. The smallest absolute Gasteiger partial charge is 0.251 e. The number of hydrogen-bond donors (Lipinski definition) is 2. The molecule has 0 unspecified atom stereocenters. The first kappa shape index (κ1) is 17.6. The number of piperidine rings is 1. The molecule has 1 aromatic carbocycles. The number of carbonyl (C=O) groups is 1. The van der Waals surface area contributed by atoms with Crippen molar-refractivity contribution in [2.24, 2.45) is 0 Å². The second-order valence-corrected chi connectivity index (χ2v) is 7.15. The van der Waals surface area contributed by atoms with E-state index in [0.29, 0.717) is 15.9 Å². The van der Waals surface area contributed by atoms with E-state index >= 15 is 0 Å². The van der Waals surface area contributed by atoms with Crippen LogP contribution in [0.1, 0.15) is 12.8 Å². The number of hydrogen-bond acceptors (Lipinski definition) is 5. The summed E-state index contributed by atoms with van der Waals surface area (Å²) in [4.78, 5) is 16.4. The summed E-state index contributed by atoms with van der Waals surface area (Å²) in [6.07, 6.45) is 2.02. The van der Waals surface area contributed by atoms with E-state index in [0.717, 1.165) is 36.5 Å². The Morgan fingerprint density at radius 2 is 2.12 bits per heavy atom. The molecular formula is C16H17Cl2N3O2S. The maximum atomic E-state index is 12.0. The molecule has 8 heteroatoms. The molecule has 2 N–H and O–H groups in total. The van der Waals surface area contributed by atoms with Gasteiger partial charge in [0.1, 0.15) is 17.4 Å². The van der Waals surface area contributed by atoms with Crippen molar-refractivity contribution in [3.8, 4) is 10.6 Å². The first-order valence-electron chi connectivity index (χ1n) is 7.65. The molecule has 0 spiro atoms. The molecule has 1 saturated heterocycles. The number of carbonyl (C=O) groups excluding carboxylic acids is 1. The lowest BCUT2D eigenvalue weighted by Gasteiger charge is -2.22. The fourth-order valence-corrected chi connectivity index (χ4v) is 3.47. The molecule has 1 amide bonds. The predicted molar refractivity (Wildman–Crippen MR) is 98.0 cm³/mol. The standard InChI is InChI=1S/C16H17Cl2N3O2S/c17-12-2-1-10(7-13(12)18)16-21-14(9-24-16)20-15(22)8-23-11-3-5-19-6-4-11/h1-2,7,9,11,19H,3-6,8H2,(H,20,22). The lowest BCUT2D eigenvalue weighted by Crippen LogP contribution is -2.34. The number of thiazole rings is 1. The molecule has 1 aromatic heterocycles.